The van der Waals surface area contributed by atoms with Gasteiger partial charge in [0.15, 0.2) is 5.82 Å². The van der Waals surface area contributed by atoms with E-state index in [1.807, 2.05) is 42.2 Å². The lowest BCUT2D eigenvalue weighted by Crippen LogP contribution is -2.53. The largest absolute Gasteiger partial charge is 0.378 e. The lowest BCUT2D eigenvalue weighted by Gasteiger charge is -2.38. The predicted molar refractivity (Wildman–Crippen MR) is 102 cm³/mol. The number of carbonyl (C=O) groups excluding carboxylic acids is 1. The molecule has 2 amide bonds. The molecule has 2 fully saturated rings. The highest BCUT2D eigenvalue weighted by Gasteiger charge is 2.33. The van der Waals surface area contributed by atoms with E-state index >= 15 is 0 Å². The molecule has 0 atom stereocenters. The Bertz CT molecular complexity index is 749. The first kappa shape index (κ1) is 18.0. The molecule has 2 aliphatic rings. The molecule has 27 heavy (non-hydrogen) atoms. The van der Waals surface area contributed by atoms with Gasteiger partial charge in [-0.3, -0.25) is 5.10 Å². The monoisotopic (exact) mass is 369 g/mol. The Morgan fingerprint density at radius 1 is 1.26 bits per heavy atom. The number of aromatic nitrogens is 3. The molecular formula is C20H27N5O2. The number of nitrogens with zero attached hydrogens (tertiary/aromatic N) is 3. The van der Waals surface area contributed by atoms with Crippen LogP contribution in [-0.4, -0.2) is 58.0 Å². The Balaban J connectivity index is 1.26. The average molecular weight is 369 g/mol. The number of hydrogen-bond acceptors (Lipinski definition) is 4. The topological polar surface area (TPSA) is 83.1 Å². The van der Waals surface area contributed by atoms with Crippen LogP contribution in [0.4, 0.5) is 4.79 Å². The summed E-state index contributed by atoms with van der Waals surface area (Å²) >= 11 is 0. The fourth-order valence-corrected chi connectivity index (χ4v) is 3.85. The van der Waals surface area contributed by atoms with Gasteiger partial charge in [-0.1, -0.05) is 30.3 Å². The van der Waals surface area contributed by atoms with E-state index in [2.05, 4.69) is 20.5 Å². The van der Waals surface area contributed by atoms with Crippen molar-refractivity contribution in [3.05, 3.63) is 36.2 Å². The van der Waals surface area contributed by atoms with Crippen LogP contribution in [0.5, 0.6) is 0 Å². The molecule has 1 aliphatic carbocycles. The fourth-order valence-electron chi connectivity index (χ4n) is 3.85. The smallest absolute Gasteiger partial charge is 0.317 e. The number of nitrogens with one attached hydrogen (secondary N) is 2. The summed E-state index contributed by atoms with van der Waals surface area (Å²) in [5.41, 5.74) is 1.02. The minimum absolute atomic E-state index is 0.0518. The molecule has 0 unspecified atom stereocenters. The summed E-state index contributed by atoms with van der Waals surface area (Å²) in [4.78, 5) is 19.0. The molecule has 2 aromatic rings. The summed E-state index contributed by atoms with van der Waals surface area (Å²) in [5, 5.41) is 10.6. The third-order valence-electron chi connectivity index (χ3n) is 5.53. The van der Waals surface area contributed by atoms with Crippen molar-refractivity contribution in [1.82, 2.24) is 25.4 Å². The van der Waals surface area contributed by atoms with Gasteiger partial charge in [0.2, 0.25) is 0 Å². The van der Waals surface area contributed by atoms with E-state index in [1.54, 1.807) is 0 Å². The summed E-state index contributed by atoms with van der Waals surface area (Å²) in [6.07, 6.45) is 3.98. The van der Waals surface area contributed by atoms with Crippen LogP contribution in [-0.2, 0) is 4.74 Å². The van der Waals surface area contributed by atoms with Gasteiger partial charge in [0.25, 0.3) is 0 Å². The highest BCUT2D eigenvalue weighted by atomic mass is 16.5. The van der Waals surface area contributed by atoms with E-state index in [0.29, 0.717) is 12.0 Å². The van der Waals surface area contributed by atoms with Crippen molar-refractivity contribution >= 4 is 6.03 Å². The van der Waals surface area contributed by atoms with Gasteiger partial charge in [0.1, 0.15) is 5.82 Å². The number of hydrogen-bond donors (Lipinski definition) is 2. The van der Waals surface area contributed by atoms with Crippen LogP contribution in [0.25, 0.3) is 11.4 Å². The van der Waals surface area contributed by atoms with Gasteiger partial charge in [-0.15, -0.1) is 0 Å². The Labute approximate surface area is 159 Å². The zero-order chi connectivity index (χ0) is 18.6. The molecule has 1 saturated carbocycles. The minimum atomic E-state index is 0.0518. The van der Waals surface area contributed by atoms with E-state index in [0.717, 1.165) is 62.6 Å². The molecule has 2 heterocycles. The molecule has 1 aliphatic heterocycles. The Hall–Kier alpha value is -2.41. The van der Waals surface area contributed by atoms with Gasteiger partial charge < -0.3 is 15.0 Å². The van der Waals surface area contributed by atoms with Crippen LogP contribution in [0.3, 0.4) is 0 Å². The number of benzene rings is 1. The maximum Gasteiger partial charge on any atom is 0.317 e. The van der Waals surface area contributed by atoms with Crippen molar-refractivity contribution in [2.24, 2.45) is 0 Å². The summed E-state index contributed by atoms with van der Waals surface area (Å²) < 4.78 is 5.55. The number of amides is 2. The van der Waals surface area contributed by atoms with Gasteiger partial charge in [0.05, 0.1) is 6.10 Å². The first-order valence-electron chi connectivity index (χ1n) is 9.87. The molecule has 144 valence electrons. The molecule has 1 saturated heterocycles. The van der Waals surface area contributed by atoms with Crippen molar-refractivity contribution in [2.45, 2.75) is 50.7 Å². The van der Waals surface area contributed by atoms with Gasteiger partial charge in [-0.25, -0.2) is 9.78 Å². The van der Waals surface area contributed by atoms with Gasteiger partial charge in [-0.2, -0.15) is 5.10 Å². The highest BCUT2D eigenvalue weighted by molar-refractivity contribution is 5.74. The van der Waals surface area contributed by atoms with Crippen molar-refractivity contribution in [3.63, 3.8) is 0 Å². The number of H-pyrrole nitrogens is 1. The average Bonchev–Trinajstić information content (AvgIpc) is 3.17. The van der Waals surface area contributed by atoms with Crippen LogP contribution in [0.2, 0.25) is 0 Å². The first-order valence-corrected chi connectivity index (χ1v) is 9.87. The standard InChI is InChI=1S/C20H27N5O2/c1-2-27-17-12-16(13-17)21-20(26)25-10-8-15(9-11-25)19-22-18(23-24-19)14-6-4-3-5-7-14/h3-7,15-17H,2,8-13H2,1H3,(H,21,26)(H,22,23,24). The molecule has 2 N–H and O–H groups in total. The van der Waals surface area contributed by atoms with Crippen LogP contribution in [0.15, 0.2) is 30.3 Å². The van der Waals surface area contributed by atoms with E-state index in [9.17, 15) is 4.79 Å². The number of urea groups is 1. The second-order valence-corrected chi connectivity index (χ2v) is 7.37. The fraction of sp³-hybridized carbons (Fsp3) is 0.550. The molecule has 7 nitrogen and oxygen atoms in total. The Morgan fingerprint density at radius 3 is 2.70 bits per heavy atom. The SMILES string of the molecule is CCOC1CC(NC(=O)N2CCC(c3nc(-c4ccccc4)n[nH]3)CC2)C1. The number of rotatable bonds is 5. The number of carbonyl (C=O) groups is 1. The third-order valence-corrected chi connectivity index (χ3v) is 5.53. The Morgan fingerprint density at radius 2 is 2.00 bits per heavy atom. The van der Waals surface area contributed by atoms with Crippen LogP contribution in [0, 0.1) is 0 Å². The van der Waals surface area contributed by atoms with E-state index < -0.39 is 0 Å². The number of piperidine rings is 1. The van der Waals surface area contributed by atoms with Crippen LogP contribution >= 0.6 is 0 Å². The first-order chi connectivity index (χ1) is 13.2. The van der Waals surface area contributed by atoms with Gasteiger partial charge in [0, 0.05) is 37.2 Å². The van der Waals surface area contributed by atoms with Crippen LogP contribution < -0.4 is 5.32 Å². The molecule has 0 bridgehead atoms. The zero-order valence-corrected chi connectivity index (χ0v) is 15.7. The molecule has 4 rings (SSSR count). The molecule has 7 heteroatoms. The zero-order valence-electron chi connectivity index (χ0n) is 15.7. The van der Waals surface area contributed by atoms with Crippen molar-refractivity contribution in [1.29, 1.82) is 0 Å². The highest BCUT2D eigenvalue weighted by Crippen LogP contribution is 2.28. The molecule has 1 aromatic heterocycles. The van der Waals surface area contributed by atoms with E-state index in [1.165, 1.54) is 0 Å². The molecular weight excluding hydrogens is 342 g/mol. The number of likely N-dealkylation sites (tertiary alicyclic amines) is 1. The van der Waals surface area contributed by atoms with Crippen molar-refractivity contribution < 1.29 is 9.53 Å². The van der Waals surface area contributed by atoms with Crippen molar-refractivity contribution in [3.8, 4) is 11.4 Å². The quantitative estimate of drug-likeness (QED) is 0.849. The second kappa shape index (κ2) is 8.08. The number of aromatic amines is 1. The van der Waals surface area contributed by atoms with Gasteiger partial charge in [-0.05, 0) is 32.6 Å². The lowest BCUT2D eigenvalue weighted by molar-refractivity contribution is -0.00824. The normalized spacial score (nSPS) is 23.1. The van der Waals surface area contributed by atoms with Gasteiger partial charge >= 0.3 is 6.03 Å². The van der Waals surface area contributed by atoms with Crippen LogP contribution in [0.1, 0.15) is 44.3 Å². The van der Waals surface area contributed by atoms with E-state index in [-0.39, 0.29) is 12.1 Å². The van der Waals surface area contributed by atoms with E-state index in [4.69, 9.17) is 4.74 Å². The summed E-state index contributed by atoms with van der Waals surface area (Å²) in [5.74, 6) is 1.98. The maximum absolute atomic E-state index is 12.4. The molecule has 1 aromatic carbocycles. The summed E-state index contributed by atoms with van der Waals surface area (Å²) in [7, 11) is 0. The summed E-state index contributed by atoms with van der Waals surface area (Å²) in [6.45, 7) is 4.25. The van der Waals surface area contributed by atoms with Crippen molar-refractivity contribution in [2.75, 3.05) is 19.7 Å². The molecule has 0 radical (unpaired) electrons. The summed E-state index contributed by atoms with van der Waals surface area (Å²) in [6, 6.07) is 10.3. The predicted octanol–water partition coefficient (Wildman–Crippen LogP) is 2.93. The second-order valence-electron chi connectivity index (χ2n) is 7.37. The lowest BCUT2D eigenvalue weighted by atomic mass is 9.89. The molecule has 0 spiro atoms. The minimum Gasteiger partial charge on any atom is -0.378 e. The third kappa shape index (κ3) is 4.13. The Kier molecular flexibility index (Phi) is 5.38. The maximum atomic E-state index is 12.4. The number of ether oxygens (including phenoxy) is 1.